The summed E-state index contributed by atoms with van der Waals surface area (Å²) in [5.41, 5.74) is 1.66. The minimum absolute atomic E-state index is 0.293. The lowest BCUT2D eigenvalue weighted by Gasteiger charge is -2.28. The molecule has 22 heavy (non-hydrogen) atoms. The predicted octanol–water partition coefficient (Wildman–Crippen LogP) is 2.31. The molecule has 1 aliphatic heterocycles. The Balaban J connectivity index is 1.68. The van der Waals surface area contributed by atoms with Gasteiger partial charge in [-0.05, 0) is 30.3 Å². The summed E-state index contributed by atoms with van der Waals surface area (Å²) < 4.78 is 18.4. The molecule has 1 fully saturated rings. The lowest BCUT2D eigenvalue weighted by atomic mass is 10.2. The predicted molar refractivity (Wildman–Crippen MR) is 81.6 cm³/mol. The fourth-order valence-corrected chi connectivity index (χ4v) is 2.29. The van der Waals surface area contributed by atoms with Gasteiger partial charge in [0, 0.05) is 18.8 Å². The van der Waals surface area contributed by atoms with E-state index in [2.05, 4.69) is 15.2 Å². The van der Waals surface area contributed by atoms with Crippen LogP contribution in [0.25, 0.3) is 0 Å². The van der Waals surface area contributed by atoms with Crippen LogP contribution in [0.3, 0.4) is 0 Å². The number of hydrogen-bond donors (Lipinski definition) is 1. The molecule has 0 bridgehead atoms. The molecule has 0 atom stereocenters. The molecule has 0 radical (unpaired) electrons. The monoisotopic (exact) mass is 301 g/mol. The second-order valence-corrected chi connectivity index (χ2v) is 4.97. The number of nitrogens with zero attached hydrogens (tertiary/aromatic N) is 2. The number of hydrogen-bond acceptors (Lipinski definition) is 4. The van der Waals surface area contributed by atoms with Gasteiger partial charge in [-0.3, -0.25) is 4.79 Å². The molecule has 0 unspecified atom stereocenters. The van der Waals surface area contributed by atoms with Crippen molar-refractivity contribution in [3.8, 4) is 0 Å². The molecule has 0 saturated carbocycles. The van der Waals surface area contributed by atoms with Crippen LogP contribution in [0.2, 0.25) is 0 Å². The number of morpholine rings is 1. The smallest absolute Gasteiger partial charge is 0.274 e. The lowest BCUT2D eigenvalue weighted by molar-refractivity contribution is 0.102. The number of aromatic nitrogens is 1. The zero-order valence-electron chi connectivity index (χ0n) is 12.0. The van der Waals surface area contributed by atoms with Gasteiger partial charge in [-0.1, -0.05) is 6.07 Å². The summed E-state index contributed by atoms with van der Waals surface area (Å²) in [7, 11) is 0. The molecule has 1 aromatic carbocycles. The van der Waals surface area contributed by atoms with Crippen LogP contribution in [0, 0.1) is 5.82 Å². The van der Waals surface area contributed by atoms with Crippen molar-refractivity contribution < 1.29 is 13.9 Å². The summed E-state index contributed by atoms with van der Waals surface area (Å²) in [6.45, 7) is 3.02. The molecule has 1 aliphatic rings. The van der Waals surface area contributed by atoms with Crippen molar-refractivity contribution in [2.45, 2.75) is 0 Å². The van der Waals surface area contributed by atoms with E-state index in [9.17, 15) is 9.18 Å². The minimum atomic E-state index is -0.395. The molecule has 3 rings (SSSR count). The minimum Gasteiger partial charge on any atom is -0.378 e. The maximum atomic E-state index is 13.1. The summed E-state index contributed by atoms with van der Waals surface area (Å²) in [5, 5.41) is 2.62. The molecule has 0 spiro atoms. The SMILES string of the molecule is O=C(Nc1cccc(F)c1)c1ccc(N2CCOCC2)cn1. The average Bonchev–Trinajstić information content (AvgIpc) is 2.56. The molecular weight excluding hydrogens is 285 g/mol. The third-order valence-corrected chi connectivity index (χ3v) is 3.44. The van der Waals surface area contributed by atoms with E-state index in [0.29, 0.717) is 24.6 Å². The van der Waals surface area contributed by atoms with Gasteiger partial charge in [0.05, 0.1) is 25.1 Å². The number of pyridine rings is 1. The van der Waals surface area contributed by atoms with E-state index in [1.54, 1.807) is 24.4 Å². The van der Waals surface area contributed by atoms with Crippen LogP contribution in [0.15, 0.2) is 42.6 Å². The van der Waals surface area contributed by atoms with Gasteiger partial charge in [0.1, 0.15) is 11.5 Å². The lowest BCUT2D eigenvalue weighted by Crippen LogP contribution is -2.36. The highest BCUT2D eigenvalue weighted by molar-refractivity contribution is 6.02. The van der Waals surface area contributed by atoms with E-state index in [-0.39, 0.29) is 5.91 Å². The second-order valence-electron chi connectivity index (χ2n) is 4.97. The molecule has 1 N–H and O–H groups in total. The average molecular weight is 301 g/mol. The first-order chi connectivity index (χ1) is 10.7. The zero-order chi connectivity index (χ0) is 15.4. The third-order valence-electron chi connectivity index (χ3n) is 3.44. The van der Waals surface area contributed by atoms with Crippen molar-refractivity contribution >= 4 is 17.3 Å². The number of rotatable bonds is 3. The van der Waals surface area contributed by atoms with Crippen LogP contribution < -0.4 is 10.2 Å². The normalized spacial score (nSPS) is 14.7. The Morgan fingerprint density at radius 3 is 2.73 bits per heavy atom. The molecule has 2 aromatic rings. The number of benzene rings is 1. The van der Waals surface area contributed by atoms with Gasteiger partial charge in [0.25, 0.3) is 5.91 Å². The molecule has 114 valence electrons. The van der Waals surface area contributed by atoms with Crippen LogP contribution in [-0.4, -0.2) is 37.2 Å². The molecule has 1 amide bonds. The molecular formula is C16H16FN3O2. The summed E-state index contributed by atoms with van der Waals surface area (Å²) in [4.78, 5) is 18.4. The molecule has 1 aromatic heterocycles. The highest BCUT2D eigenvalue weighted by Gasteiger charge is 2.13. The van der Waals surface area contributed by atoms with Gasteiger partial charge in [-0.15, -0.1) is 0 Å². The standard InChI is InChI=1S/C16H16FN3O2/c17-12-2-1-3-13(10-12)19-16(21)15-5-4-14(11-18-15)20-6-8-22-9-7-20/h1-5,10-11H,6-9H2,(H,19,21). The van der Waals surface area contributed by atoms with Crippen molar-refractivity contribution in [1.29, 1.82) is 0 Å². The van der Waals surface area contributed by atoms with Crippen LogP contribution in [0.1, 0.15) is 10.5 Å². The first-order valence-corrected chi connectivity index (χ1v) is 7.08. The fourth-order valence-electron chi connectivity index (χ4n) is 2.29. The van der Waals surface area contributed by atoms with Gasteiger partial charge >= 0.3 is 0 Å². The Labute approximate surface area is 127 Å². The fraction of sp³-hybridized carbons (Fsp3) is 0.250. The van der Waals surface area contributed by atoms with Gasteiger partial charge in [0.2, 0.25) is 0 Å². The van der Waals surface area contributed by atoms with Crippen LogP contribution >= 0.6 is 0 Å². The second kappa shape index (κ2) is 6.53. The third kappa shape index (κ3) is 3.40. The number of amides is 1. The van der Waals surface area contributed by atoms with Crippen molar-refractivity contribution in [2.75, 3.05) is 36.5 Å². The van der Waals surface area contributed by atoms with Crippen molar-refractivity contribution in [1.82, 2.24) is 4.98 Å². The van der Waals surface area contributed by atoms with Crippen LogP contribution in [0.4, 0.5) is 15.8 Å². The van der Waals surface area contributed by atoms with Crippen molar-refractivity contribution in [3.05, 3.63) is 54.1 Å². The van der Waals surface area contributed by atoms with Crippen molar-refractivity contribution in [2.24, 2.45) is 0 Å². The van der Waals surface area contributed by atoms with Gasteiger partial charge in [-0.25, -0.2) is 9.37 Å². The zero-order valence-corrected chi connectivity index (χ0v) is 12.0. The Hall–Kier alpha value is -2.47. The Bertz CT molecular complexity index is 655. The number of carbonyl (C=O) groups is 1. The quantitative estimate of drug-likeness (QED) is 0.945. The number of anilines is 2. The van der Waals surface area contributed by atoms with Gasteiger partial charge in [-0.2, -0.15) is 0 Å². The highest BCUT2D eigenvalue weighted by atomic mass is 19.1. The topological polar surface area (TPSA) is 54.5 Å². The van der Waals surface area contributed by atoms with E-state index in [0.717, 1.165) is 18.8 Å². The first kappa shape index (κ1) is 14.5. The van der Waals surface area contributed by atoms with E-state index in [4.69, 9.17) is 4.74 Å². The Morgan fingerprint density at radius 1 is 1.23 bits per heavy atom. The number of carbonyl (C=O) groups excluding carboxylic acids is 1. The van der Waals surface area contributed by atoms with Gasteiger partial charge in [0.15, 0.2) is 0 Å². The van der Waals surface area contributed by atoms with E-state index in [1.165, 1.54) is 12.1 Å². The molecule has 2 heterocycles. The summed E-state index contributed by atoms with van der Waals surface area (Å²) in [6, 6.07) is 9.28. The Morgan fingerprint density at radius 2 is 2.05 bits per heavy atom. The van der Waals surface area contributed by atoms with Crippen molar-refractivity contribution in [3.63, 3.8) is 0 Å². The number of halogens is 1. The molecule has 1 saturated heterocycles. The molecule has 6 heteroatoms. The summed E-state index contributed by atoms with van der Waals surface area (Å²) in [5.74, 6) is -0.757. The van der Waals surface area contributed by atoms with E-state index >= 15 is 0 Å². The van der Waals surface area contributed by atoms with Crippen LogP contribution in [-0.2, 0) is 4.74 Å². The highest BCUT2D eigenvalue weighted by Crippen LogP contribution is 2.16. The van der Waals surface area contributed by atoms with E-state index in [1.807, 2.05) is 6.07 Å². The molecule has 0 aliphatic carbocycles. The number of ether oxygens (including phenoxy) is 1. The Kier molecular flexibility index (Phi) is 4.29. The largest absolute Gasteiger partial charge is 0.378 e. The van der Waals surface area contributed by atoms with E-state index < -0.39 is 5.82 Å². The summed E-state index contributed by atoms with van der Waals surface area (Å²) in [6.07, 6.45) is 1.67. The maximum absolute atomic E-state index is 13.1. The summed E-state index contributed by atoms with van der Waals surface area (Å²) >= 11 is 0. The van der Waals surface area contributed by atoms with Crippen LogP contribution in [0.5, 0.6) is 0 Å². The molecule has 5 nitrogen and oxygen atoms in total. The van der Waals surface area contributed by atoms with Gasteiger partial charge < -0.3 is 15.0 Å². The maximum Gasteiger partial charge on any atom is 0.274 e. The number of nitrogens with one attached hydrogen (secondary N) is 1. The first-order valence-electron chi connectivity index (χ1n) is 7.08.